The lowest BCUT2D eigenvalue weighted by molar-refractivity contribution is -0.142. The average Bonchev–Trinajstić information content (AvgIpc) is 3.34. The van der Waals surface area contributed by atoms with Gasteiger partial charge in [0.1, 0.15) is 11.3 Å². The van der Waals surface area contributed by atoms with E-state index in [-0.39, 0.29) is 31.1 Å². The number of alkyl halides is 3. The van der Waals surface area contributed by atoms with Crippen molar-refractivity contribution in [2.45, 2.75) is 31.0 Å². The Balaban J connectivity index is 1.57. The van der Waals surface area contributed by atoms with Gasteiger partial charge in [-0.05, 0) is 36.6 Å². The van der Waals surface area contributed by atoms with Gasteiger partial charge in [-0.2, -0.15) is 18.4 Å². The number of carbonyl (C=O) groups excluding carboxylic acids is 2. The highest BCUT2D eigenvalue weighted by molar-refractivity contribution is 5.98. The number of hydrogen-bond acceptors (Lipinski definition) is 5. The van der Waals surface area contributed by atoms with Crippen LogP contribution in [0.25, 0.3) is 0 Å². The van der Waals surface area contributed by atoms with Crippen molar-refractivity contribution in [3.63, 3.8) is 0 Å². The second-order valence-electron chi connectivity index (χ2n) is 9.37. The molecule has 0 bridgehead atoms. The van der Waals surface area contributed by atoms with Gasteiger partial charge in [0.05, 0.1) is 29.7 Å². The SMILES string of the molecule is Cn1cncc1C(=O)N1CCC(C(O)(Cc2ccccc2)C(=O)Nc2ccc(C#N)c(C(F)(F)F)c2)CC1. The zero-order valence-electron chi connectivity index (χ0n) is 20.6. The van der Waals surface area contributed by atoms with Crippen molar-refractivity contribution in [1.29, 1.82) is 5.26 Å². The molecule has 1 unspecified atom stereocenters. The smallest absolute Gasteiger partial charge is 0.379 e. The zero-order valence-corrected chi connectivity index (χ0v) is 20.6. The third-order valence-corrected chi connectivity index (χ3v) is 6.91. The normalized spacial score (nSPS) is 15.9. The van der Waals surface area contributed by atoms with Crippen molar-refractivity contribution < 1.29 is 27.9 Å². The van der Waals surface area contributed by atoms with Gasteiger partial charge in [0.2, 0.25) is 0 Å². The van der Waals surface area contributed by atoms with Gasteiger partial charge in [0.15, 0.2) is 0 Å². The molecule has 2 aromatic carbocycles. The van der Waals surface area contributed by atoms with Crippen molar-refractivity contribution >= 4 is 17.5 Å². The number of piperidine rings is 1. The number of imidazole rings is 1. The van der Waals surface area contributed by atoms with Crippen molar-refractivity contribution in [2.24, 2.45) is 13.0 Å². The van der Waals surface area contributed by atoms with Gasteiger partial charge in [-0.3, -0.25) is 9.59 Å². The molecule has 1 aliphatic rings. The molecule has 1 atom stereocenters. The topological polar surface area (TPSA) is 111 Å². The van der Waals surface area contributed by atoms with E-state index in [2.05, 4.69) is 10.3 Å². The highest BCUT2D eigenvalue weighted by atomic mass is 19.4. The standard InChI is InChI=1S/C27H26F3N5O3/c1-34-17-32-16-23(34)24(36)35-11-9-20(10-12-35)26(38,14-18-5-3-2-4-6-18)25(37)33-21-8-7-19(15-31)22(13-21)27(28,29)30/h2-8,13,16-17,20,38H,9-12,14H2,1H3,(H,33,37). The van der Waals surface area contributed by atoms with Gasteiger partial charge in [0.25, 0.3) is 11.8 Å². The number of anilines is 1. The maximum Gasteiger partial charge on any atom is 0.417 e. The van der Waals surface area contributed by atoms with Crippen LogP contribution >= 0.6 is 0 Å². The van der Waals surface area contributed by atoms with Crippen molar-refractivity contribution in [1.82, 2.24) is 14.5 Å². The van der Waals surface area contributed by atoms with Crippen molar-refractivity contribution in [2.75, 3.05) is 18.4 Å². The summed E-state index contributed by atoms with van der Waals surface area (Å²) in [5, 5.41) is 23.3. The summed E-state index contributed by atoms with van der Waals surface area (Å²) in [6.45, 7) is 0.572. The van der Waals surface area contributed by atoms with Crippen LogP contribution in [0.2, 0.25) is 0 Å². The number of hydrogen-bond donors (Lipinski definition) is 2. The Morgan fingerprint density at radius 1 is 1.16 bits per heavy atom. The number of carbonyl (C=O) groups is 2. The Morgan fingerprint density at radius 3 is 2.42 bits per heavy atom. The van der Waals surface area contributed by atoms with Crippen LogP contribution in [0.1, 0.15) is 40.0 Å². The molecule has 8 nitrogen and oxygen atoms in total. The second kappa shape index (κ2) is 10.7. The van der Waals surface area contributed by atoms with Gasteiger partial charge >= 0.3 is 6.18 Å². The predicted octanol–water partition coefficient (Wildman–Crippen LogP) is 3.78. The van der Waals surface area contributed by atoms with Crippen LogP contribution in [-0.4, -0.2) is 50.1 Å². The van der Waals surface area contributed by atoms with Crippen LogP contribution in [0.5, 0.6) is 0 Å². The summed E-state index contributed by atoms with van der Waals surface area (Å²) >= 11 is 0. The largest absolute Gasteiger partial charge is 0.417 e. The summed E-state index contributed by atoms with van der Waals surface area (Å²) in [6.07, 6.45) is -1.25. The number of benzene rings is 2. The first-order valence-corrected chi connectivity index (χ1v) is 12.0. The van der Waals surface area contributed by atoms with Crippen LogP contribution in [0.3, 0.4) is 0 Å². The second-order valence-corrected chi connectivity index (χ2v) is 9.37. The lowest BCUT2D eigenvalue weighted by Crippen LogP contribution is -2.54. The Kier molecular flexibility index (Phi) is 7.55. The maximum absolute atomic E-state index is 13.5. The Hall–Kier alpha value is -4.17. The molecule has 2 amide bonds. The number of aromatic nitrogens is 2. The predicted molar refractivity (Wildman–Crippen MR) is 132 cm³/mol. The fourth-order valence-corrected chi connectivity index (χ4v) is 4.80. The zero-order chi connectivity index (χ0) is 27.5. The van der Waals surface area contributed by atoms with Crippen LogP contribution in [0.15, 0.2) is 61.1 Å². The fourth-order valence-electron chi connectivity index (χ4n) is 4.80. The molecule has 1 aliphatic heterocycles. The number of nitrogens with one attached hydrogen (secondary N) is 1. The van der Waals surface area contributed by atoms with Gasteiger partial charge in [-0.1, -0.05) is 30.3 Å². The number of aryl methyl sites for hydroxylation is 1. The fraction of sp³-hybridized carbons (Fsp3) is 0.333. The molecule has 3 aromatic rings. The highest BCUT2D eigenvalue weighted by Gasteiger charge is 2.46. The summed E-state index contributed by atoms with van der Waals surface area (Å²) < 4.78 is 41.9. The summed E-state index contributed by atoms with van der Waals surface area (Å²) in [7, 11) is 1.71. The number of rotatable bonds is 6. The van der Waals surface area contributed by atoms with E-state index in [1.54, 1.807) is 46.8 Å². The Bertz CT molecular complexity index is 1360. The third-order valence-electron chi connectivity index (χ3n) is 6.91. The number of nitrogens with zero attached hydrogens (tertiary/aromatic N) is 4. The lowest BCUT2D eigenvalue weighted by Gasteiger charge is -2.40. The van der Waals surface area contributed by atoms with E-state index in [1.807, 2.05) is 0 Å². The summed E-state index contributed by atoms with van der Waals surface area (Å²) in [4.78, 5) is 32.0. The minimum atomic E-state index is -4.79. The molecule has 0 radical (unpaired) electrons. The molecular formula is C27H26F3N5O3. The molecule has 1 fully saturated rings. The molecule has 1 aromatic heterocycles. The number of halogens is 3. The molecule has 38 heavy (non-hydrogen) atoms. The van der Waals surface area contributed by atoms with Crippen molar-refractivity contribution in [3.05, 3.63) is 83.4 Å². The minimum Gasteiger partial charge on any atom is -0.379 e. The van der Waals surface area contributed by atoms with E-state index >= 15 is 0 Å². The van der Waals surface area contributed by atoms with Gasteiger partial charge in [-0.25, -0.2) is 4.98 Å². The summed E-state index contributed by atoms with van der Waals surface area (Å²) in [5.41, 5.74) is -2.80. The molecule has 11 heteroatoms. The number of amides is 2. The number of nitriles is 1. The molecular weight excluding hydrogens is 499 g/mol. The first-order valence-electron chi connectivity index (χ1n) is 12.0. The summed E-state index contributed by atoms with van der Waals surface area (Å²) in [6, 6.07) is 13.2. The van der Waals surface area contributed by atoms with E-state index in [0.717, 1.165) is 6.07 Å². The summed E-state index contributed by atoms with van der Waals surface area (Å²) in [5.74, 6) is -1.63. The first kappa shape index (κ1) is 26.9. The van der Waals surface area contributed by atoms with E-state index in [1.165, 1.54) is 24.7 Å². The molecule has 1 saturated heterocycles. The lowest BCUT2D eigenvalue weighted by atomic mass is 9.76. The number of likely N-dealkylation sites (tertiary alicyclic amines) is 1. The minimum absolute atomic E-state index is 0.0670. The van der Waals surface area contributed by atoms with Crippen LogP contribution in [0.4, 0.5) is 18.9 Å². The van der Waals surface area contributed by atoms with E-state index in [9.17, 15) is 27.9 Å². The molecule has 0 spiro atoms. The molecule has 2 heterocycles. The first-order chi connectivity index (χ1) is 18.0. The number of aliphatic hydroxyl groups is 1. The molecule has 198 valence electrons. The van der Waals surface area contributed by atoms with Crippen LogP contribution < -0.4 is 5.32 Å². The molecule has 2 N–H and O–H groups in total. The van der Waals surface area contributed by atoms with Crippen LogP contribution in [-0.2, 0) is 24.4 Å². The average molecular weight is 526 g/mol. The molecule has 4 rings (SSSR count). The van der Waals surface area contributed by atoms with Crippen LogP contribution in [0, 0.1) is 17.2 Å². The highest BCUT2D eigenvalue weighted by Crippen LogP contribution is 2.36. The van der Waals surface area contributed by atoms with Gasteiger partial charge in [0, 0.05) is 38.2 Å². The Labute approximate surface area is 217 Å². The van der Waals surface area contributed by atoms with E-state index < -0.39 is 34.7 Å². The van der Waals surface area contributed by atoms with Gasteiger partial charge in [-0.15, -0.1) is 0 Å². The van der Waals surface area contributed by atoms with Crippen molar-refractivity contribution in [3.8, 4) is 6.07 Å². The third kappa shape index (κ3) is 5.55. The van der Waals surface area contributed by atoms with Gasteiger partial charge < -0.3 is 19.9 Å². The Morgan fingerprint density at radius 2 is 1.84 bits per heavy atom. The van der Waals surface area contributed by atoms with E-state index in [4.69, 9.17) is 5.26 Å². The maximum atomic E-state index is 13.5. The van der Waals surface area contributed by atoms with E-state index in [0.29, 0.717) is 30.2 Å². The molecule has 0 aliphatic carbocycles. The monoisotopic (exact) mass is 525 g/mol. The quantitative estimate of drug-likeness (QED) is 0.509. The molecule has 0 saturated carbocycles.